The predicted molar refractivity (Wildman–Crippen MR) is 267 cm³/mol. The molecule has 13 heteroatoms. The fraction of sp³-hybridized carbons (Fsp3) is 0.943. The summed E-state index contributed by atoms with van der Waals surface area (Å²) in [5.74, 6) is -0.394. The monoisotopic (exact) mass is 963 g/mol. The minimum absolute atomic E-state index is 0.0426. The van der Waals surface area contributed by atoms with Crippen molar-refractivity contribution in [3.63, 3.8) is 0 Å². The lowest BCUT2D eigenvalue weighted by Gasteiger charge is -2.41. The highest BCUT2D eigenvalue weighted by atomic mass is 32.3. The Morgan fingerprint density at radius 3 is 1.36 bits per heavy atom. The molecule has 0 aromatic carbocycles. The highest BCUT2D eigenvalue weighted by Crippen LogP contribution is 2.26. The van der Waals surface area contributed by atoms with Crippen molar-refractivity contribution in [2.24, 2.45) is 0 Å². The van der Waals surface area contributed by atoms with Crippen LogP contribution in [0.25, 0.3) is 0 Å². The van der Waals surface area contributed by atoms with E-state index in [2.05, 4.69) is 30.2 Å². The zero-order valence-electron chi connectivity index (χ0n) is 42.3. The van der Waals surface area contributed by atoms with Gasteiger partial charge in [0.15, 0.2) is 6.29 Å². The summed E-state index contributed by atoms with van der Waals surface area (Å²) in [5.41, 5.74) is 0. The van der Waals surface area contributed by atoms with Gasteiger partial charge in [-0.1, -0.05) is 225 Å². The fourth-order valence-electron chi connectivity index (χ4n) is 8.73. The first-order valence-corrected chi connectivity index (χ1v) is 28.8. The SMILES string of the molecule is CCCCCCCCCC/C=C\CCCCCCCCCCCCCCCCOCC(COC1OC(CO)C(O)C(OS(=O)(=O)O)C1O)OC(=O)CCCCCCCCCCCCCCC. The van der Waals surface area contributed by atoms with Gasteiger partial charge in [-0.2, -0.15) is 8.42 Å². The van der Waals surface area contributed by atoms with Gasteiger partial charge in [-0.05, 0) is 38.5 Å². The van der Waals surface area contributed by atoms with Crippen LogP contribution >= 0.6 is 0 Å². The molecular formula is C53H102O12S. The van der Waals surface area contributed by atoms with Gasteiger partial charge in [0.2, 0.25) is 0 Å². The van der Waals surface area contributed by atoms with Crippen LogP contribution in [0.1, 0.15) is 258 Å². The molecule has 1 rings (SSSR count). The van der Waals surface area contributed by atoms with E-state index in [1.165, 1.54) is 193 Å². The number of hydrogen-bond donors (Lipinski definition) is 4. The zero-order valence-corrected chi connectivity index (χ0v) is 43.1. The van der Waals surface area contributed by atoms with Crippen molar-refractivity contribution in [1.82, 2.24) is 0 Å². The number of carbonyl (C=O) groups excluding carboxylic acids is 1. The second kappa shape index (κ2) is 45.0. The van der Waals surface area contributed by atoms with Crippen molar-refractivity contribution in [2.45, 2.75) is 295 Å². The number of allylic oxidation sites excluding steroid dienone is 2. The molecule has 0 bridgehead atoms. The molecule has 1 fully saturated rings. The molecule has 6 atom stereocenters. The van der Waals surface area contributed by atoms with Crippen LogP contribution in [-0.2, 0) is 38.3 Å². The molecule has 0 aromatic heterocycles. The van der Waals surface area contributed by atoms with Gasteiger partial charge in [0.05, 0.1) is 19.8 Å². The largest absolute Gasteiger partial charge is 0.457 e. The van der Waals surface area contributed by atoms with Crippen LogP contribution in [0.2, 0.25) is 0 Å². The van der Waals surface area contributed by atoms with E-state index >= 15 is 0 Å². The average molecular weight is 963 g/mol. The fourth-order valence-corrected chi connectivity index (χ4v) is 9.24. The maximum Gasteiger partial charge on any atom is 0.397 e. The van der Waals surface area contributed by atoms with E-state index in [0.29, 0.717) is 13.0 Å². The Morgan fingerprint density at radius 1 is 0.561 bits per heavy atom. The van der Waals surface area contributed by atoms with E-state index in [0.717, 1.165) is 38.5 Å². The Labute approximate surface area is 404 Å². The summed E-state index contributed by atoms with van der Waals surface area (Å²) < 4.78 is 59.3. The van der Waals surface area contributed by atoms with Crippen LogP contribution in [0, 0.1) is 0 Å². The van der Waals surface area contributed by atoms with Gasteiger partial charge in [-0.15, -0.1) is 0 Å². The number of hydrogen-bond acceptors (Lipinski definition) is 11. The molecule has 12 nitrogen and oxygen atoms in total. The number of ether oxygens (including phenoxy) is 4. The van der Waals surface area contributed by atoms with Crippen LogP contribution in [-0.4, -0.2) is 97.5 Å². The normalized spacial score (nSPS) is 19.5. The molecule has 0 radical (unpaired) electrons. The Bertz CT molecular complexity index is 1200. The van der Waals surface area contributed by atoms with Crippen LogP contribution in [0.3, 0.4) is 0 Å². The van der Waals surface area contributed by atoms with E-state index in [-0.39, 0.29) is 19.6 Å². The maximum absolute atomic E-state index is 12.9. The number of unbranched alkanes of at least 4 members (excludes halogenated alkanes) is 34. The topological polar surface area (TPSA) is 178 Å². The molecule has 0 aliphatic carbocycles. The number of carbonyl (C=O) groups is 1. The van der Waals surface area contributed by atoms with Crippen molar-refractivity contribution in [3.8, 4) is 0 Å². The quantitative estimate of drug-likeness (QED) is 0.0197. The molecule has 6 unspecified atom stereocenters. The van der Waals surface area contributed by atoms with Gasteiger partial charge >= 0.3 is 16.4 Å². The smallest absolute Gasteiger partial charge is 0.397 e. The number of aliphatic hydroxyl groups is 3. The summed E-state index contributed by atoms with van der Waals surface area (Å²) in [4.78, 5) is 12.9. The minimum Gasteiger partial charge on any atom is -0.457 e. The maximum atomic E-state index is 12.9. The minimum atomic E-state index is -5.06. The van der Waals surface area contributed by atoms with Crippen LogP contribution < -0.4 is 0 Å². The highest BCUT2D eigenvalue weighted by Gasteiger charge is 2.48. The van der Waals surface area contributed by atoms with E-state index in [1.54, 1.807) is 0 Å². The lowest BCUT2D eigenvalue weighted by atomic mass is 9.99. The molecule has 0 amide bonds. The molecule has 4 N–H and O–H groups in total. The summed E-state index contributed by atoms with van der Waals surface area (Å²) in [6, 6.07) is 0. The van der Waals surface area contributed by atoms with Gasteiger partial charge in [0.25, 0.3) is 0 Å². The summed E-state index contributed by atoms with van der Waals surface area (Å²) in [6.07, 6.45) is 42.6. The first-order valence-electron chi connectivity index (χ1n) is 27.4. The molecule has 1 heterocycles. The first-order chi connectivity index (χ1) is 32.1. The highest BCUT2D eigenvalue weighted by molar-refractivity contribution is 7.80. The van der Waals surface area contributed by atoms with Gasteiger partial charge < -0.3 is 34.3 Å². The lowest BCUT2D eigenvalue weighted by molar-refractivity contribution is -0.301. The van der Waals surface area contributed by atoms with E-state index in [9.17, 15) is 33.1 Å². The molecule has 0 saturated carbocycles. The van der Waals surface area contributed by atoms with Gasteiger partial charge in [0, 0.05) is 13.0 Å². The van der Waals surface area contributed by atoms with Crippen molar-refractivity contribution < 1.29 is 56.2 Å². The number of rotatable bonds is 49. The Hall–Kier alpha value is -1.16. The summed E-state index contributed by atoms with van der Waals surface area (Å²) in [6.45, 7) is 4.04. The number of aliphatic hydroxyl groups excluding tert-OH is 3. The first kappa shape index (κ1) is 62.9. The second-order valence-electron chi connectivity index (χ2n) is 19.2. The summed E-state index contributed by atoms with van der Waals surface area (Å²) in [7, 11) is -5.06. The Morgan fingerprint density at radius 2 is 0.955 bits per heavy atom. The average Bonchev–Trinajstić information content (AvgIpc) is 3.29. The predicted octanol–water partition coefficient (Wildman–Crippen LogP) is 13.0. The molecule has 1 aliphatic heterocycles. The van der Waals surface area contributed by atoms with Crippen molar-refractivity contribution in [3.05, 3.63) is 12.2 Å². The third-order valence-corrected chi connectivity index (χ3v) is 13.4. The standard InChI is InChI=1S/C53H102O12S/c1-3-5-7-9-11-13-15-17-18-19-20-21-22-23-24-25-26-27-28-29-31-33-35-37-39-41-43-61-45-47(46-62-53-51(57)52(65-66(58,59)60)50(56)48(44-54)64-53)63-49(55)42-40-38-36-34-32-30-16-14-12-10-8-6-4-2/h19-20,47-48,50-54,56-57H,3-18,21-46H2,1-2H3,(H,58,59,60)/b20-19-. The van der Waals surface area contributed by atoms with Crippen molar-refractivity contribution in [2.75, 3.05) is 26.4 Å². The molecule has 0 spiro atoms. The molecule has 1 aliphatic rings. The van der Waals surface area contributed by atoms with Crippen LogP contribution in [0.15, 0.2) is 12.2 Å². The zero-order chi connectivity index (χ0) is 48.2. The van der Waals surface area contributed by atoms with E-state index < -0.39 is 59.8 Å². The molecule has 66 heavy (non-hydrogen) atoms. The molecule has 392 valence electrons. The summed E-state index contributed by atoms with van der Waals surface area (Å²) >= 11 is 0. The Balaban J connectivity index is 2.25. The molecular weight excluding hydrogens is 861 g/mol. The van der Waals surface area contributed by atoms with Crippen LogP contribution in [0.4, 0.5) is 0 Å². The number of esters is 1. The lowest BCUT2D eigenvalue weighted by Crippen LogP contribution is -2.60. The molecule has 1 saturated heterocycles. The van der Waals surface area contributed by atoms with Gasteiger partial charge in [-0.25, -0.2) is 4.18 Å². The second-order valence-corrected chi connectivity index (χ2v) is 20.2. The van der Waals surface area contributed by atoms with E-state index in [1.807, 2.05) is 0 Å². The van der Waals surface area contributed by atoms with Crippen molar-refractivity contribution in [1.29, 1.82) is 0 Å². The third-order valence-electron chi connectivity index (χ3n) is 12.9. The Kier molecular flexibility index (Phi) is 42.9. The van der Waals surface area contributed by atoms with Crippen LogP contribution in [0.5, 0.6) is 0 Å². The van der Waals surface area contributed by atoms with Gasteiger partial charge in [-0.3, -0.25) is 9.35 Å². The van der Waals surface area contributed by atoms with E-state index in [4.69, 9.17) is 18.9 Å². The van der Waals surface area contributed by atoms with Crippen molar-refractivity contribution >= 4 is 16.4 Å². The molecule has 0 aromatic rings. The van der Waals surface area contributed by atoms with Gasteiger partial charge in [0.1, 0.15) is 30.5 Å². The summed E-state index contributed by atoms with van der Waals surface area (Å²) in [5, 5.41) is 30.8. The third kappa shape index (κ3) is 37.7.